The van der Waals surface area contributed by atoms with Crippen LogP contribution in [-0.2, 0) is 0 Å². The molecule has 2 rings (SSSR count). The molecule has 0 saturated carbocycles. The topological polar surface area (TPSA) is 130 Å². The molecule has 9 heteroatoms. The first-order valence-corrected chi connectivity index (χ1v) is 8.44. The van der Waals surface area contributed by atoms with Crippen LogP contribution in [0.3, 0.4) is 0 Å². The minimum atomic E-state index is -1.69. The van der Waals surface area contributed by atoms with Crippen LogP contribution in [0.1, 0.15) is 0 Å². The largest absolute Gasteiger partial charge is 0.394 e. The van der Waals surface area contributed by atoms with Gasteiger partial charge in [-0.1, -0.05) is 30.3 Å². The van der Waals surface area contributed by atoms with Crippen molar-refractivity contribution in [1.82, 2.24) is 4.98 Å². The van der Waals surface area contributed by atoms with Crippen LogP contribution >= 0.6 is 11.3 Å². The van der Waals surface area contributed by atoms with Crippen molar-refractivity contribution in [3.05, 3.63) is 35.7 Å². The zero-order valence-electron chi connectivity index (χ0n) is 13.5. The molecule has 8 nitrogen and oxygen atoms in total. The highest BCUT2D eigenvalue weighted by Gasteiger charge is 2.29. The van der Waals surface area contributed by atoms with Crippen molar-refractivity contribution >= 4 is 22.7 Å². The van der Waals surface area contributed by atoms with Crippen molar-refractivity contribution in [2.24, 2.45) is 5.10 Å². The van der Waals surface area contributed by atoms with E-state index in [0.29, 0.717) is 5.13 Å². The maximum atomic E-state index is 9.82. The van der Waals surface area contributed by atoms with Gasteiger partial charge in [-0.05, 0) is 0 Å². The Morgan fingerprint density at radius 1 is 1.16 bits per heavy atom. The summed E-state index contributed by atoms with van der Waals surface area (Å²) >= 11 is 1.36. The number of aromatic nitrogens is 1. The van der Waals surface area contributed by atoms with Crippen LogP contribution in [0.5, 0.6) is 0 Å². The summed E-state index contributed by atoms with van der Waals surface area (Å²) < 4.78 is 0. The Balaban J connectivity index is 2.00. The summed E-state index contributed by atoms with van der Waals surface area (Å²) in [5.41, 5.74) is 1.77. The minimum Gasteiger partial charge on any atom is -0.394 e. The van der Waals surface area contributed by atoms with E-state index in [1.165, 1.54) is 16.3 Å². The first-order chi connectivity index (χ1) is 11.9. The van der Waals surface area contributed by atoms with Gasteiger partial charge in [-0.15, -0.1) is 11.3 Å². The number of rotatable bonds is 8. The van der Waals surface area contributed by atoms with Gasteiger partial charge in [0.25, 0.3) is 0 Å². The average molecular weight is 367 g/mol. The number of nitrogens with zero attached hydrogens (tertiary/aromatic N) is 3. The van der Waals surface area contributed by atoms with Gasteiger partial charge in [-0.3, -0.25) is 0 Å². The Morgan fingerprint density at radius 3 is 2.48 bits per heavy atom. The molecule has 4 atom stereocenters. The molecule has 136 valence electrons. The van der Waals surface area contributed by atoms with Gasteiger partial charge in [0.05, 0.1) is 18.5 Å². The lowest BCUT2D eigenvalue weighted by molar-refractivity contribution is -0.0999. The molecule has 25 heavy (non-hydrogen) atoms. The normalized spacial score (nSPS) is 16.6. The van der Waals surface area contributed by atoms with E-state index in [0.717, 1.165) is 17.5 Å². The average Bonchev–Trinajstić information content (AvgIpc) is 3.14. The highest BCUT2D eigenvalue weighted by atomic mass is 32.1. The van der Waals surface area contributed by atoms with Gasteiger partial charge in [0.2, 0.25) is 5.13 Å². The first-order valence-electron chi connectivity index (χ1n) is 7.56. The molecule has 1 aromatic carbocycles. The van der Waals surface area contributed by atoms with Crippen molar-refractivity contribution < 1.29 is 25.5 Å². The zero-order chi connectivity index (χ0) is 18.4. The Morgan fingerprint density at radius 2 is 1.84 bits per heavy atom. The molecule has 1 heterocycles. The molecule has 2 aromatic rings. The number of hydrazone groups is 1. The van der Waals surface area contributed by atoms with Crippen LogP contribution < -0.4 is 5.01 Å². The summed E-state index contributed by atoms with van der Waals surface area (Å²) in [6.45, 7) is -0.733. The summed E-state index contributed by atoms with van der Waals surface area (Å²) in [7, 11) is 1.63. The number of aliphatic hydroxyl groups is 5. The van der Waals surface area contributed by atoms with Crippen molar-refractivity contribution in [3.8, 4) is 11.3 Å². The second kappa shape index (κ2) is 8.99. The minimum absolute atomic E-state index is 0.577. The highest BCUT2D eigenvalue weighted by Crippen LogP contribution is 2.26. The number of benzene rings is 1. The van der Waals surface area contributed by atoms with Crippen LogP contribution in [0.15, 0.2) is 40.8 Å². The predicted octanol–water partition coefficient (Wildman–Crippen LogP) is -0.332. The molecule has 0 fully saturated rings. The van der Waals surface area contributed by atoms with E-state index in [9.17, 15) is 20.4 Å². The van der Waals surface area contributed by atoms with Gasteiger partial charge >= 0.3 is 0 Å². The number of aliphatic hydroxyl groups excluding tert-OH is 5. The maximum Gasteiger partial charge on any atom is 0.206 e. The molecule has 0 radical (unpaired) electrons. The quantitative estimate of drug-likeness (QED) is 0.319. The molecule has 5 N–H and O–H groups in total. The molecule has 0 spiro atoms. The second-order valence-corrected chi connectivity index (χ2v) is 6.23. The van der Waals surface area contributed by atoms with Gasteiger partial charge < -0.3 is 25.5 Å². The third-order valence-electron chi connectivity index (χ3n) is 3.51. The van der Waals surface area contributed by atoms with Crippen LogP contribution in [0.25, 0.3) is 11.3 Å². The third-order valence-corrected chi connectivity index (χ3v) is 4.42. The lowest BCUT2D eigenvalue weighted by Gasteiger charge is -2.23. The highest BCUT2D eigenvalue weighted by molar-refractivity contribution is 7.14. The van der Waals surface area contributed by atoms with E-state index in [1.54, 1.807) is 7.05 Å². The lowest BCUT2D eigenvalue weighted by atomic mass is 10.0. The van der Waals surface area contributed by atoms with Gasteiger partial charge in [-0.25, -0.2) is 9.99 Å². The Labute approximate surface area is 148 Å². The molecule has 0 unspecified atom stereocenters. The van der Waals surface area contributed by atoms with E-state index in [-0.39, 0.29) is 0 Å². The van der Waals surface area contributed by atoms with Crippen molar-refractivity contribution in [1.29, 1.82) is 0 Å². The van der Waals surface area contributed by atoms with Crippen molar-refractivity contribution in [2.45, 2.75) is 24.4 Å². The molecule has 0 aliphatic carbocycles. The molecular weight excluding hydrogens is 346 g/mol. The lowest BCUT2D eigenvalue weighted by Crippen LogP contribution is -2.46. The fourth-order valence-corrected chi connectivity index (χ4v) is 2.75. The maximum absolute atomic E-state index is 9.82. The second-order valence-electron chi connectivity index (χ2n) is 5.39. The SMILES string of the molecule is CN(/N=C/[C@H](O)[C@@H](O)[C@H](O)[C@H](O)CO)c1nc(-c2ccccc2)cs1. The fourth-order valence-electron chi connectivity index (χ4n) is 2.00. The van der Waals surface area contributed by atoms with E-state index in [2.05, 4.69) is 10.1 Å². The Hall–Kier alpha value is -1.88. The standard InChI is InChI=1S/C16H21N3O5S/c1-19(17-7-12(21)14(23)15(24)13(22)8-20)16-18-11(9-25-16)10-5-3-2-4-6-10/h2-7,9,12-15,20-24H,8H2,1H3/b17-7+/t12-,13+,14+,15+/m0/s1. The van der Waals surface area contributed by atoms with Gasteiger partial charge in [0.1, 0.15) is 24.4 Å². The Kier molecular flexibility index (Phi) is 7.00. The fraction of sp³-hybridized carbons (Fsp3) is 0.375. The van der Waals surface area contributed by atoms with Gasteiger partial charge in [0.15, 0.2) is 0 Å². The number of anilines is 1. The summed E-state index contributed by atoms with van der Waals surface area (Å²) in [5, 5.41) is 55.0. The molecule has 0 aliphatic heterocycles. The summed E-state index contributed by atoms with van der Waals surface area (Å²) in [6, 6.07) is 9.63. The van der Waals surface area contributed by atoms with Gasteiger partial charge in [0, 0.05) is 18.0 Å². The summed E-state index contributed by atoms with van der Waals surface area (Å²) in [4.78, 5) is 4.44. The molecule has 0 amide bonds. The van der Waals surface area contributed by atoms with Crippen molar-refractivity contribution in [2.75, 3.05) is 18.7 Å². The smallest absolute Gasteiger partial charge is 0.206 e. The van der Waals surface area contributed by atoms with E-state index in [1.807, 2.05) is 35.7 Å². The zero-order valence-corrected chi connectivity index (χ0v) is 14.4. The third kappa shape index (κ3) is 5.05. The van der Waals surface area contributed by atoms with Gasteiger partial charge in [-0.2, -0.15) is 5.10 Å². The molecule has 1 aromatic heterocycles. The van der Waals surface area contributed by atoms with E-state index >= 15 is 0 Å². The van der Waals surface area contributed by atoms with E-state index in [4.69, 9.17) is 5.11 Å². The van der Waals surface area contributed by atoms with Crippen LogP contribution in [0.4, 0.5) is 5.13 Å². The number of hydrogen-bond acceptors (Lipinski definition) is 9. The van der Waals surface area contributed by atoms with E-state index < -0.39 is 31.0 Å². The summed E-state index contributed by atoms with van der Waals surface area (Å²) in [6.07, 6.45) is -5.42. The molecule has 0 aliphatic rings. The van der Waals surface area contributed by atoms with Crippen LogP contribution in [0.2, 0.25) is 0 Å². The monoisotopic (exact) mass is 367 g/mol. The first kappa shape index (κ1) is 19.4. The number of thiazole rings is 1. The predicted molar refractivity (Wildman–Crippen MR) is 95.6 cm³/mol. The van der Waals surface area contributed by atoms with Crippen molar-refractivity contribution in [3.63, 3.8) is 0 Å². The van der Waals surface area contributed by atoms with Crippen LogP contribution in [0, 0.1) is 0 Å². The van der Waals surface area contributed by atoms with Crippen LogP contribution in [-0.4, -0.2) is 74.8 Å². The summed E-state index contributed by atoms with van der Waals surface area (Å²) in [5.74, 6) is 0. The molecule has 0 saturated heterocycles. The molecular formula is C16H21N3O5S. The Bertz CT molecular complexity index is 681. The molecule has 0 bridgehead atoms. The number of hydrogen-bond donors (Lipinski definition) is 5.